The van der Waals surface area contributed by atoms with Gasteiger partial charge in [-0.2, -0.15) is 0 Å². The lowest BCUT2D eigenvalue weighted by atomic mass is 9.91. The van der Waals surface area contributed by atoms with E-state index in [4.69, 9.17) is 11.6 Å². The molecule has 3 aromatic rings. The van der Waals surface area contributed by atoms with Crippen LogP contribution in [0.2, 0.25) is 5.02 Å². The molecule has 1 aliphatic heterocycles. The van der Waals surface area contributed by atoms with Gasteiger partial charge in [-0.05, 0) is 49.1 Å². The smallest absolute Gasteiger partial charge is 0.253 e. The molecule has 0 radical (unpaired) electrons. The summed E-state index contributed by atoms with van der Waals surface area (Å²) in [6.45, 7) is 10.2. The van der Waals surface area contributed by atoms with Crippen molar-refractivity contribution in [1.82, 2.24) is 24.8 Å². The van der Waals surface area contributed by atoms with Crippen LogP contribution in [0.25, 0.3) is 22.8 Å². The highest BCUT2D eigenvalue weighted by molar-refractivity contribution is 6.33. The van der Waals surface area contributed by atoms with E-state index < -0.39 is 0 Å². The normalized spacial score (nSPS) is 15.1. The van der Waals surface area contributed by atoms with Gasteiger partial charge in [-0.1, -0.05) is 39.3 Å². The molecule has 0 spiro atoms. The van der Waals surface area contributed by atoms with E-state index in [1.165, 1.54) is 6.33 Å². The van der Waals surface area contributed by atoms with Crippen LogP contribution in [0.3, 0.4) is 0 Å². The van der Waals surface area contributed by atoms with Crippen LogP contribution in [-0.4, -0.2) is 43.8 Å². The number of rotatable bonds is 3. The van der Waals surface area contributed by atoms with Crippen molar-refractivity contribution in [2.24, 2.45) is 5.92 Å². The number of hydrogen-bond donors (Lipinski definition) is 0. The maximum absolute atomic E-state index is 12.9. The summed E-state index contributed by atoms with van der Waals surface area (Å²) in [4.78, 5) is 32.6. The van der Waals surface area contributed by atoms with Crippen LogP contribution in [0, 0.1) is 5.92 Å². The van der Waals surface area contributed by atoms with E-state index in [-0.39, 0.29) is 11.3 Å². The highest BCUT2D eigenvalue weighted by atomic mass is 35.5. The van der Waals surface area contributed by atoms with Crippen LogP contribution in [-0.2, 0) is 5.41 Å². The van der Waals surface area contributed by atoms with E-state index in [1.54, 1.807) is 18.3 Å². The molecule has 1 fully saturated rings. The first-order valence-electron chi connectivity index (χ1n) is 11.0. The molecule has 0 bridgehead atoms. The number of piperidine rings is 1. The number of nitrogens with zero attached hydrogens (tertiary/aromatic N) is 5. The zero-order chi connectivity index (χ0) is 22.9. The molecule has 2 aromatic heterocycles. The predicted octanol–water partition coefficient (Wildman–Crippen LogP) is 5.42. The topological polar surface area (TPSA) is 71.9 Å². The van der Waals surface area contributed by atoms with Gasteiger partial charge < -0.3 is 4.90 Å². The molecule has 1 amide bonds. The van der Waals surface area contributed by atoms with Crippen molar-refractivity contribution in [3.63, 3.8) is 0 Å². The van der Waals surface area contributed by atoms with Gasteiger partial charge in [0.05, 0.1) is 5.02 Å². The Kier molecular flexibility index (Phi) is 6.24. The van der Waals surface area contributed by atoms with Crippen molar-refractivity contribution in [3.8, 4) is 22.8 Å². The molecule has 0 saturated carbocycles. The predicted molar refractivity (Wildman–Crippen MR) is 127 cm³/mol. The van der Waals surface area contributed by atoms with Crippen LogP contribution < -0.4 is 0 Å². The Morgan fingerprint density at radius 2 is 1.75 bits per heavy atom. The van der Waals surface area contributed by atoms with E-state index in [0.29, 0.717) is 33.7 Å². The van der Waals surface area contributed by atoms with Crippen LogP contribution in [0.15, 0.2) is 42.9 Å². The van der Waals surface area contributed by atoms with Crippen molar-refractivity contribution < 1.29 is 4.79 Å². The third-order valence-corrected chi connectivity index (χ3v) is 6.20. The lowest BCUT2D eigenvalue weighted by molar-refractivity contribution is 0.0697. The number of carbonyl (C=O) groups is 1. The molecular weight excluding hydrogens is 422 g/mol. The third-order valence-electron chi connectivity index (χ3n) is 5.89. The van der Waals surface area contributed by atoms with Gasteiger partial charge >= 0.3 is 0 Å². The van der Waals surface area contributed by atoms with Gasteiger partial charge in [-0.15, -0.1) is 0 Å². The van der Waals surface area contributed by atoms with Gasteiger partial charge in [0.25, 0.3) is 5.91 Å². The minimum atomic E-state index is -0.0794. The number of carbonyl (C=O) groups excluding carboxylic acids is 1. The molecule has 6 nitrogen and oxygen atoms in total. The molecule has 0 atom stereocenters. The maximum atomic E-state index is 12.9. The van der Waals surface area contributed by atoms with Gasteiger partial charge in [0.2, 0.25) is 0 Å². The molecule has 7 heteroatoms. The summed E-state index contributed by atoms with van der Waals surface area (Å²) in [6.07, 6.45) is 5.33. The first kappa shape index (κ1) is 22.3. The highest BCUT2D eigenvalue weighted by Gasteiger charge is 2.22. The summed E-state index contributed by atoms with van der Waals surface area (Å²) >= 11 is 6.57. The Morgan fingerprint density at radius 3 is 2.44 bits per heavy atom. The fraction of sp³-hybridized carbons (Fsp3) is 0.400. The Labute approximate surface area is 194 Å². The molecule has 32 heavy (non-hydrogen) atoms. The molecule has 166 valence electrons. The lowest BCUT2D eigenvalue weighted by Gasteiger charge is -2.30. The molecule has 1 aromatic carbocycles. The maximum Gasteiger partial charge on any atom is 0.253 e. The number of pyridine rings is 1. The second-order valence-corrected chi connectivity index (χ2v) is 9.89. The zero-order valence-electron chi connectivity index (χ0n) is 19.0. The largest absolute Gasteiger partial charge is 0.339 e. The molecule has 1 aliphatic rings. The monoisotopic (exact) mass is 449 g/mol. The Balaban J connectivity index is 1.60. The summed E-state index contributed by atoms with van der Waals surface area (Å²) in [5.74, 6) is 1.72. The van der Waals surface area contributed by atoms with Crippen LogP contribution in [0.4, 0.5) is 0 Å². The number of likely N-dealkylation sites (tertiary alicyclic amines) is 1. The lowest BCUT2D eigenvalue weighted by Crippen LogP contribution is -2.37. The van der Waals surface area contributed by atoms with Gasteiger partial charge in [0.15, 0.2) is 11.6 Å². The minimum absolute atomic E-state index is 0.0215. The number of benzene rings is 1. The minimum Gasteiger partial charge on any atom is -0.339 e. The van der Waals surface area contributed by atoms with Crippen molar-refractivity contribution in [1.29, 1.82) is 0 Å². The van der Waals surface area contributed by atoms with E-state index in [2.05, 4.69) is 47.6 Å². The van der Waals surface area contributed by atoms with Gasteiger partial charge in [-0.3, -0.25) is 9.78 Å². The van der Waals surface area contributed by atoms with Crippen molar-refractivity contribution in [2.75, 3.05) is 13.1 Å². The Bertz CT molecular complexity index is 1130. The fourth-order valence-corrected chi connectivity index (χ4v) is 4.03. The molecule has 3 heterocycles. The Morgan fingerprint density at radius 1 is 1.03 bits per heavy atom. The fourth-order valence-electron chi connectivity index (χ4n) is 3.77. The molecule has 4 rings (SSSR count). The van der Waals surface area contributed by atoms with Crippen molar-refractivity contribution in [2.45, 2.75) is 46.0 Å². The van der Waals surface area contributed by atoms with E-state index in [0.717, 1.165) is 37.2 Å². The summed E-state index contributed by atoms with van der Waals surface area (Å²) < 4.78 is 0. The quantitative estimate of drug-likeness (QED) is 0.533. The molecular formula is C25H28ClN5O. The van der Waals surface area contributed by atoms with Crippen LogP contribution in [0.5, 0.6) is 0 Å². The summed E-state index contributed by atoms with van der Waals surface area (Å²) in [5, 5.41) is 0.448. The summed E-state index contributed by atoms with van der Waals surface area (Å²) in [5.41, 5.74) is 3.01. The first-order chi connectivity index (χ1) is 15.2. The number of hydrogen-bond acceptors (Lipinski definition) is 5. The second kappa shape index (κ2) is 8.94. The SMILES string of the molecule is CC1CCN(C(=O)c2ccc(-c3ncnc(-c4ccnc(C(C)(C)C)c4)n3)c(Cl)c2)CC1. The van der Waals surface area contributed by atoms with Crippen LogP contribution >= 0.6 is 11.6 Å². The summed E-state index contributed by atoms with van der Waals surface area (Å²) in [6, 6.07) is 9.22. The average molecular weight is 450 g/mol. The number of aromatic nitrogens is 4. The molecule has 1 saturated heterocycles. The second-order valence-electron chi connectivity index (χ2n) is 9.48. The highest BCUT2D eigenvalue weighted by Crippen LogP contribution is 2.29. The zero-order valence-corrected chi connectivity index (χ0v) is 19.7. The van der Waals surface area contributed by atoms with Crippen molar-refractivity contribution >= 4 is 17.5 Å². The molecule has 0 N–H and O–H groups in total. The average Bonchev–Trinajstić information content (AvgIpc) is 2.78. The number of amides is 1. The molecule has 0 unspecified atom stereocenters. The van der Waals surface area contributed by atoms with Crippen LogP contribution in [0.1, 0.15) is 56.6 Å². The van der Waals surface area contributed by atoms with Gasteiger partial charge in [0, 0.05) is 47.1 Å². The molecule has 0 aliphatic carbocycles. The van der Waals surface area contributed by atoms with Gasteiger partial charge in [-0.25, -0.2) is 15.0 Å². The van der Waals surface area contributed by atoms with Gasteiger partial charge in [0.1, 0.15) is 6.33 Å². The van der Waals surface area contributed by atoms with Crippen molar-refractivity contribution in [3.05, 3.63) is 59.1 Å². The summed E-state index contributed by atoms with van der Waals surface area (Å²) in [7, 11) is 0. The van der Waals surface area contributed by atoms with E-state index >= 15 is 0 Å². The Hall–Kier alpha value is -2.86. The third kappa shape index (κ3) is 4.80. The van der Waals surface area contributed by atoms with E-state index in [9.17, 15) is 4.79 Å². The van der Waals surface area contributed by atoms with E-state index in [1.807, 2.05) is 23.1 Å². The number of halogens is 1. The standard InChI is InChI=1S/C25H28ClN5O/c1-16-8-11-31(12-9-16)24(32)18-5-6-19(20(26)13-18)23-29-15-28-22(30-23)17-7-10-27-21(14-17)25(2,3)4/h5-7,10,13-16H,8-9,11-12H2,1-4H3. The first-order valence-corrected chi connectivity index (χ1v) is 11.4.